The van der Waals surface area contributed by atoms with Crippen LogP contribution in [0.4, 0.5) is 0 Å². The second-order valence-corrected chi connectivity index (χ2v) is 4.28. The van der Waals surface area contributed by atoms with Crippen LogP contribution in [0, 0.1) is 6.07 Å². The zero-order chi connectivity index (χ0) is 12.1. The van der Waals surface area contributed by atoms with Crippen molar-refractivity contribution in [3.63, 3.8) is 0 Å². The first-order valence-electron chi connectivity index (χ1n) is 6.22. The second kappa shape index (κ2) is 5.82. The Hall–Kier alpha value is -1.35. The van der Waals surface area contributed by atoms with Crippen LogP contribution in [0.15, 0.2) is 18.2 Å². The summed E-state index contributed by atoms with van der Waals surface area (Å²) in [5.41, 5.74) is 2.24. The van der Waals surface area contributed by atoms with Crippen LogP contribution in [0.1, 0.15) is 36.9 Å². The first-order chi connectivity index (χ1) is 8.33. The van der Waals surface area contributed by atoms with Crippen molar-refractivity contribution in [3.05, 3.63) is 35.4 Å². The van der Waals surface area contributed by atoms with E-state index in [1.807, 2.05) is 18.2 Å². The highest BCUT2D eigenvalue weighted by Crippen LogP contribution is 2.23. The zero-order valence-corrected chi connectivity index (χ0v) is 10.2. The number of carbonyl (C=O) groups is 1. The van der Waals surface area contributed by atoms with Crippen LogP contribution in [0.3, 0.4) is 0 Å². The lowest BCUT2D eigenvalue weighted by molar-refractivity contribution is -0.146. The largest absolute Gasteiger partial charge is 0.464 e. The molecule has 0 saturated heterocycles. The van der Waals surface area contributed by atoms with Gasteiger partial charge in [0.25, 0.3) is 0 Å². The first-order valence-corrected chi connectivity index (χ1v) is 6.22. The minimum absolute atomic E-state index is 0.161. The number of fused-ring (bicyclic) bond motifs is 1. The number of benzene rings is 1. The molecule has 1 heterocycles. The van der Waals surface area contributed by atoms with E-state index in [1.54, 1.807) is 0 Å². The van der Waals surface area contributed by atoms with Crippen LogP contribution in [-0.4, -0.2) is 19.1 Å². The van der Waals surface area contributed by atoms with Gasteiger partial charge in [-0.1, -0.05) is 31.5 Å². The summed E-state index contributed by atoms with van der Waals surface area (Å²) >= 11 is 0. The molecule has 91 valence electrons. The van der Waals surface area contributed by atoms with Crippen LogP contribution in [0.25, 0.3) is 0 Å². The molecule has 0 saturated carbocycles. The van der Waals surface area contributed by atoms with Crippen molar-refractivity contribution in [1.82, 2.24) is 5.32 Å². The molecule has 0 bridgehead atoms. The zero-order valence-electron chi connectivity index (χ0n) is 10.2. The van der Waals surface area contributed by atoms with Crippen molar-refractivity contribution in [2.45, 2.75) is 32.2 Å². The van der Waals surface area contributed by atoms with Crippen LogP contribution >= 0.6 is 0 Å². The van der Waals surface area contributed by atoms with Crippen molar-refractivity contribution in [3.8, 4) is 0 Å². The third-order valence-electron chi connectivity index (χ3n) is 3.02. The molecule has 2 rings (SSSR count). The lowest BCUT2D eigenvalue weighted by Crippen LogP contribution is -2.36. The van der Waals surface area contributed by atoms with Gasteiger partial charge in [-0.15, -0.1) is 0 Å². The number of unbranched alkanes of at least 4 members (excludes halogenated alkanes) is 1. The maximum Gasteiger partial charge on any atom is 0.327 e. The topological polar surface area (TPSA) is 38.3 Å². The summed E-state index contributed by atoms with van der Waals surface area (Å²) in [4.78, 5) is 11.9. The van der Waals surface area contributed by atoms with Crippen molar-refractivity contribution in [1.29, 1.82) is 0 Å². The summed E-state index contributed by atoms with van der Waals surface area (Å²) in [7, 11) is 0. The van der Waals surface area contributed by atoms with Crippen molar-refractivity contribution in [2.24, 2.45) is 0 Å². The quantitative estimate of drug-likeness (QED) is 0.637. The summed E-state index contributed by atoms with van der Waals surface area (Å²) in [5, 5.41) is 3.21. The minimum atomic E-state index is -0.301. The van der Waals surface area contributed by atoms with Gasteiger partial charge in [0.05, 0.1) is 6.61 Å². The van der Waals surface area contributed by atoms with E-state index in [2.05, 4.69) is 18.3 Å². The molecule has 3 heteroatoms. The number of hydrogen-bond acceptors (Lipinski definition) is 3. The van der Waals surface area contributed by atoms with Gasteiger partial charge in [-0.2, -0.15) is 0 Å². The summed E-state index contributed by atoms with van der Waals surface area (Å²) in [6.07, 6.45) is 2.91. The van der Waals surface area contributed by atoms with Gasteiger partial charge in [-0.05, 0) is 30.0 Å². The van der Waals surface area contributed by atoms with Crippen LogP contribution < -0.4 is 5.32 Å². The Kier molecular flexibility index (Phi) is 4.15. The molecule has 0 fully saturated rings. The van der Waals surface area contributed by atoms with E-state index in [1.165, 1.54) is 5.56 Å². The van der Waals surface area contributed by atoms with Crippen molar-refractivity contribution >= 4 is 5.97 Å². The number of ether oxygens (including phenoxy) is 1. The average Bonchev–Trinajstić information content (AvgIpc) is 2.38. The van der Waals surface area contributed by atoms with E-state index in [9.17, 15) is 4.79 Å². The predicted octanol–water partition coefficient (Wildman–Crippen LogP) is 2.02. The highest BCUT2D eigenvalue weighted by molar-refractivity contribution is 5.78. The number of carbonyl (C=O) groups excluding carboxylic acids is 1. The van der Waals surface area contributed by atoms with E-state index < -0.39 is 0 Å². The third kappa shape index (κ3) is 2.86. The summed E-state index contributed by atoms with van der Waals surface area (Å²) in [6, 6.07) is 8.51. The van der Waals surface area contributed by atoms with E-state index in [4.69, 9.17) is 4.74 Å². The molecule has 1 radical (unpaired) electrons. The molecule has 1 N–H and O–H groups in total. The lowest BCUT2D eigenvalue weighted by atomic mass is 9.94. The fraction of sp³-hybridized carbons (Fsp3) is 0.500. The van der Waals surface area contributed by atoms with Crippen LogP contribution in [0.2, 0.25) is 0 Å². The number of nitrogens with one attached hydrogen (secondary N) is 1. The van der Waals surface area contributed by atoms with Crippen molar-refractivity contribution in [2.75, 3.05) is 13.2 Å². The van der Waals surface area contributed by atoms with Gasteiger partial charge in [0.15, 0.2) is 0 Å². The summed E-state index contributed by atoms with van der Waals surface area (Å²) < 4.78 is 5.27. The standard InChI is InChI=1S/C14H18NO2/c1-2-3-10-17-14(16)13-12-7-5-4-6-11(12)8-9-15-13/h5-7,13,15H,2-3,8-10H2,1H3. The molecule has 1 aliphatic heterocycles. The molecule has 17 heavy (non-hydrogen) atoms. The molecule has 1 atom stereocenters. The Morgan fingerprint density at radius 1 is 1.65 bits per heavy atom. The highest BCUT2D eigenvalue weighted by atomic mass is 16.5. The van der Waals surface area contributed by atoms with Gasteiger partial charge in [-0.3, -0.25) is 0 Å². The highest BCUT2D eigenvalue weighted by Gasteiger charge is 2.26. The third-order valence-corrected chi connectivity index (χ3v) is 3.02. The maximum atomic E-state index is 11.9. The van der Waals surface area contributed by atoms with Gasteiger partial charge in [-0.25, -0.2) is 4.79 Å². The monoisotopic (exact) mass is 232 g/mol. The van der Waals surface area contributed by atoms with E-state index in [-0.39, 0.29) is 12.0 Å². The summed E-state index contributed by atoms with van der Waals surface area (Å²) in [6.45, 7) is 3.41. The van der Waals surface area contributed by atoms with E-state index in [0.29, 0.717) is 6.61 Å². The Labute approximate surface area is 102 Å². The number of hydrogen-bond donors (Lipinski definition) is 1. The molecule has 0 amide bonds. The Morgan fingerprint density at radius 3 is 3.35 bits per heavy atom. The van der Waals surface area contributed by atoms with Gasteiger partial charge >= 0.3 is 5.97 Å². The molecule has 1 aliphatic rings. The molecule has 1 aromatic carbocycles. The number of esters is 1. The van der Waals surface area contributed by atoms with Gasteiger partial charge in [0.1, 0.15) is 6.04 Å². The first kappa shape index (κ1) is 12.1. The van der Waals surface area contributed by atoms with Crippen molar-refractivity contribution < 1.29 is 9.53 Å². The molecule has 0 aliphatic carbocycles. The van der Waals surface area contributed by atoms with Gasteiger partial charge in [0.2, 0.25) is 0 Å². The molecular weight excluding hydrogens is 214 g/mol. The molecular formula is C14H18NO2. The summed E-state index contributed by atoms with van der Waals surface area (Å²) in [5.74, 6) is -0.161. The van der Waals surface area contributed by atoms with E-state index in [0.717, 1.165) is 31.4 Å². The van der Waals surface area contributed by atoms with Crippen LogP contribution in [-0.2, 0) is 16.0 Å². The fourth-order valence-corrected chi connectivity index (χ4v) is 2.05. The molecule has 0 aromatic heterocycles. The molecule has 1 unspecified atom stereocenters. The molecule has 3 nitrogen and oxygen atoms in total. The lowest BCUT2D eigenvalue weighted by Gasteiger charge is -2.25. The normalized spacial score (nSPS) is 18.5. The smallest absolute Gasteiger partial charge is 0.327 e. The van der Waals surface area contributed by atoms with Gasteiger partial charge < -0.3 is 10.1 Å². The fourth-order valence-electron chi connectivity index (χ4n) is 2.05. The number of rotatable bonds is 4. The van der Waals surface area contributed by atoms with Gasteiger partial charge in [0, 0.05) is 6.54 Å². The predicted molar refractivity (Wildman–Crippen MR) is 65.6 cm³/mol. The maximum absolute atomic E-state index is 11.9. The second-order valence-electron chi connectivity index (χ2n) is 4.28. The molecule has 1 aromatic rings. The van der Waals surface area contributed by atoms with Crippen LogP contribution in [0.5, 0.6) is 0 Å². The Balaban J connectivity index is 2.05. The average molecular weight is 232 g/mol. The Bertz CT molecular complexity index is 390. The minimum Gasteiger partial charge on any atom is -0.464 e. The van der Waals surface area contributed by atoms with E-state index >= 15 is 0 Å². The Morgan fingerprint density at radius 2 is 2.53 bits per heavy atom. The molecule has 0 spiro atoms. The SMILES string of the molecule is CCCCOC(=O)C1NCCc2c[c]ccc21.